The van der Waals surface area contributed by atoms with Crippen LogP contribution in [0.5, 0.6) is 0 Å². The zero-order valence-corrected chi connectivity index (χ0v) is 14.6. The van der Waals surface area contributed by atoms with Crippen LogP contribution in [0.15, 0.2) is 28.8 Å². The lowest BCUT2D eigenvalue weighted by atomic mass is 10.1. The average molecular weight is 344 g/mol. The molecule has 0 aliphatic heterocycles. The van der Waals surface area contributed by atoms with Gasteiger partial charge in [0.25, 0.3) is 0 Å². The van der Waals surface area contributed by atoms with Crippen molar-refractivity contribution in [1.29, 1.82) is 0 Å². The largest absolute Gasteiger partial charge is 0.384 e. The van der Waals surface area contributed by atoms with Gasteiger partial charge in [-0.05, 0) is 31.5 Å². The molecular weight excluding hydrogens is 323 g/mol. The third-order valence-electron chi connectivity index (χ3n) is 4.08. The van der Waals surface area contributed by atoms with Gasteiger partial charge >= 0.3 is 0 Å². The zero-order valence-electron chi connectivity index (χ0n) is 14.6. The Bertz CT molecular complexity index is 820. The van der Waals surface area contributed by atoms with Crippen molar-refractivity contribution in [2.24, 2.45) is 0 Å². The number of halogens is 1. The Morgan fingerprint density at radius 3 is 2.60 bits per heavy atom. The molecule has 3 rings (SSSR count). The molecule has 0 aliphatic rings. The monoisotopic (exact) mass is 344 g/mol. The first-order valence-electron chi connectivity index (χ1n) is 8.14. The lowest BCUT2D eigenvalue weighted by Crippen LogP contribution is -2.08. The molecule has 0 aliphatic carbocycles. The summed E-state index contributed by atoms with van der Waals surface area (Å²) >= 11 is 0. The molecule has 1 aromatic carbocycles. The van der Waals surface area contributed by atoms with Gasteiger partial charge in [0, 0.05) is 25.5 Å². The molecule has 0 atom stereocenters. The van der Waals surface area contributed by atoms with Crippen molar-refractivity contribution in [3.05, 3.63) is 64.3 Å². The van der Waals surface area contributed by atoms with E-state index in [1.165, 1.54) is 12.1 Å². The second kappa shape index (κ2) is 7.57. The fourth-order valence-electron chi connectivity index (χ4n) is 2.66. The van der Waals surface area contributed by atoms with E-state index in [0.717, 1.165) is 34.2 Å². The summed E-state index contributed by atoms with van der Waals surface area (Å²) in [6, 6.07) is 6.41. The number of methoxy groups -OCH3 is 1. The highest BCUT2D eigenvalue weighted by atomic mass is 19.1. The highest BCUT2D eigenvalue weighted by molar-refractivity contribution is 5.25. The maximum Gasteiger partial charge on any atom is 0.153 e. The van der Waals surface area contributed by atoms with E-state index in [1.54, 1.807) is 19.2 Å². The molecule has 3 aromatic rings. The fraction of sp³-hybridized carbons (Fsp3) is 0.389. The van der Waals surface area contributed by atoms with E-state index < -0.39 is 0 Å². The molecule has 0 fully saturated rings. The van der Waals surface area contributed by atoms with Crippen molar-refractivity contribution < 1.29 is 13.7 Å². The number of aryl methyl sites for hydroxylation is 2. The molecular formula is C18H21FN4O2. The van der Waals surface area contributed by atoms with Gasteiger partial charge in [-0.3, -0.25) is 0 Å². The van der Waals surface area contributed by atoms with Crippen molar-refractivity contribution in [1.82, 2.24) is 19.9 Å². The summed E-state index contributed by atoms with van der Waals surface area (Å²) in [6.07, 6.45) is 1.23. The van der Waals surface area contributed by atoms with Crippen LogP contribution >= 0.6 is 0 Å². The lowest BCUT2D eigenvalue weighted by Gasteiger charge is -2.06. The standard InChI is InChI=1S/C18H21FN4O2/c1-12-16(13(2)25-22-12)10-18-20-17(8-9-24-3)21-23(18)11-14-4-6-15(19)7-5-14/h4-7H,8-11H2,1-3H3. The Kier molecular flexibility index (Phi) is 5.23. The highest BCUT2D eigenvalue weighted by Gasteiger charge is 2.16. The van der Waals surface area contributed by atoms with Crippen LogP contribution in [0.4, 0.5) is 4.39 Å². The van der Waals surface area contributed by atoms with E-state index >= 15 is 0 Å². The van der Waals surface area contributed by atoms with E-state index in [9.17, 15) is 4.39 Å². The van der Waals surface area contributed by atoms with Gasteiger partial charge < -0.3 is 9.26 Å². The molecule has 0 amide bonds. The van der Waals surface area contributed by atoms with Crippen LogP contribution in [0.1, 0.15) is 34.2 Å². The van der Waals surface area contributed by atoms with Crippen LogP contribution < -0.4 is 0 Å². The third kappa shape index (κ3) is 4.11. The first kappa shape index (κ1) is 17.3. The Hall–Kier alpha value is -2.54. The van der Waals surface area contributed by atoms with Gasteiger partial charge in [0.1, 0.15) is 17.4 Å². The Labute approximate surface area is 145 Å². The number of ether oxygens (including phenoxy) is 1. The summed E-state index contributed by atoms with van der Waals surface area (Å²) in [5.74, 6) is 2.09. The van der Waals surface area contributed by atoms with Crippen molar-refractivity contribution in [3.8, 4) is 0 Å². The minimum atomic E-state index is -0.251. The van der Waals surface area contributed by atoms with Crippen molar-refractivity contribution in [2.45, 2.75) is 33.2 Å². The second-order valence-corrected chi connectivity index (χ2v) is 5.95. The van der Waals surface area contributed by atoms with Crippen LogP contribution in [-0.2, 0) is 24.1 Å². The van der Waals surface area contributed by atoms with Crippen LogP contribution in [0.2, 0.25) is 0 Å². The van der Waals surface area contributed by atoms with Crippen LogP contribution in [0, 0.1) is 19.7 Å². The topological polar surface area (TPSA) is 66.0 Å². The maximum absolute atomic E-state index is 13.1. The number of nitrogens with zero attached hydrogens (tertiary/aromatic N) is 4. The molecule has 0 N–H and O–H groups in total. The zero-order chi connectivity index (χ0) is 17.8. The Morgan fingerprint density at radius 2 is 1.96 bits per heavy atom. The van der Waals surface area contributed by atoms with Gasteiger partial charge in [-0.15, -0.1) is 0 Å². The van der Waals surface area contributed by atoms with Crippen molar-refractivity contribution >= 4 is 0 Å². The SMILES string of the molecule is COCCc1nc(Cc2c(C)noc2C)n(Cc2ccc(F)cc2)n1. The van der Waals surface area contributed by atoms with E-state index in [0.29, 0.717) is 26.0 Å². The highest BCUT2D eigenvalue weighted by Crippen LogP contribution is 2.17. The number of hydrogen-bond donors (Lipinski definition) is 0. The summed E-state index contributed by atoms with van der Waals surface area (Å²) in [5.41, 5.74) is 2.84. The molecule has 132 valence electrons. The van der Waals surface area contributed by atoms with Crippen LogP contribution in [0.25, 0.3) is 0 Å². The van der Waals surface area contributed by atoms with Gasteiger partial charge in [-0.1, -0.05) is 17.3 Å². The smallest absolute Gasteiger partial charge is 0.153 e. The summed E-state index contributed by atoms with van der Waals surface area (Å²) in [4.78, 5) is 4.65. The number of benzene rings is 1. The van der Waals surface area contributed by atoms with E-state index in [1.807, 2.05) is 18.5 Å². The summed E-state index contributed by atoms with van der Waals surface area (Å²) in [5, 5.41) is 8.58. The predicted molar refractivity (Wildman–Crippen MR) is 89.9 cm³/mol. The molecule has 0 bridgehead atoms. The molecule has 0 radical (unpaired) electrons. The van der Waals surface area contributed by atoms with E-state index in [2.05, 4.69) is 15.2 Å². The molecule has 2 heterocycles. The van der Waals surface area contributed by atoms with Gasteiger partial charge in [0.15, 0.2) is 5.82 Å². The Balaban J connectivity index is 1.88. The minimum Gasteiger partial charge on any atom is -0.384 e. The predicted octanol–water partition coefficient (Wildman–Crippen LogP) is 2.85. The summed E-state index contributed by atoms with van der Waals surface area (Å²) < 4.78 is 25.3. The fourth-order valence-corrected chi connectivity index (χ4v) is 2.66. The molecule has 6 nitrogen and oxygen atoms in total. The minimum absolute atomic E-state index is 0.251. The average Bonchev–Trinajstić information content (AvgIpc) is 3.13. The molecule has 0 saturated heterocycles. The normalized spacial score (nSPS) is 11.2. The van der Waals surface area contributed by atoms with Gasteiger partial charge in [0.2, 0.25) is 0 Å². The van der Waals surface area contributed by atoms with Crippen molar-refractivity contribution in [2.75, 3.05) is 13.7 Å². The quantitative estimate of drug-likeness (QED) is 0.659. The van der Waals surface area contributed by atoms with Gasteiger partial charge in [0.05, 0.1) is 18.8 Å². The number of rotatable bonds is 7. The lowest BCUT2D eigenvalue weighted by molar-refractivity contribution is 0.200. The van der Waals surface area contributed by atoms with E-state index in [-0.39, 0.29) is 5.82 Å². The molecule has 0 saturated carbocycles. The van der Waals surface area contributed by atoms with Crippen LogP contribution in [0.3, 0.4) is 0 Å². The molecule has 0 spiro atoms. The molecule has 25 heavy (non-hydrogen) atoms. The van der Waals surface area contributed by atoms with Crippen LogP contribution in [-0.4, -0.2) is 33.6 Å². The summed E-state index contributed by atoms with van der Waals surface area (Å²) in [6.45, 7) is 4.89. The second-order valence-electron chi connectivity index (χ2n) is 5.95. The van der Waals surface area contributed by atoms with E-state index in [4.69, 9.17) is 9.26 Å². The first-order chi connectivity index (χ1) is 12.1. The van der Waals surface area contributed by atoms with Gasteiger partial charge in [-0.25, -0.2) is 14.1 Å². The maximum atomic E-state index is 13.1. The first-order valence-corrected chi connectivity index (χ1v) is 8.14. The Morgan fingerprint density at radius 1 is 1.20 bits per heavy atom. The number of hydrogen-bond acceptors (Lipinski definition) is 5. The molecule has 7 heteroatoms. The molecule has 2 aromatic heterocycles. The van der Waals surface area contributed by atoms with Gasteiger partial charge in [-0.2, -0.15) is 5.10 Å². The number of aromatic nitrogens is 4. The summed E-state index contributed by atoms with van der Waals surface area (Å²) in [7, 11) is 1.65. The third-order valence-corrected chi connectivity index (χ3v) is 4.08. The van der Waals surface area contributed by atoms with Crippen molar-refractivity contribution in [3.63, 3.8) is 0 Å². The molecule has 0 unspecified atom stereocenters.